The summed E-state index contributed by atoms with van der Waals surface area (Å²) in [6.07, 6.45) is 12.6. The molecule has 8 bridgehead atoms. The van der Waals surface area contributed by atoms with Gasteiger partial charge in [-0.2, -0.15) is 0 Å². The summed E-state index contributed by atoms with van der Waals surface area (Å²) in [4.78, 5) is 15.0. The van der Waals surface area contributed by atoms with Gasteiger partial charge in [0.05, 0.1) is 11.8 Å². The van der Waals surface area contributed by atoms with Crippen LogP contribution >= 0.6 is 0 Å². The first-order valence-corrected chi connectivity index (χ1v) is 8.02. The quantitative estimate of drug-likeness (QED) is 0.534. The van der Waals surface area contributed by atoms with Crippen LogP contribution in [0.25, 0.3) is 24.3 Å². The Labute approximate surface area is 138 Å². The largest absolute Gasteiger partial charge is 0.356 e. The predicted octanol–water partition coefficient (Wildman–Crippen LogP) is 0.282. The molecule has 3 N–H and O–H groups in total. The van der Waals surface area contributed by atoms with Crippen molar-refractivity contribution in [2.45, 2.75) is 6.04 Å². The van der Waals surface area contributed by atoms with Crippen LogP contribution in [0.15, 0.2) is 53.5 Å². The first kappa shape index (κ1) is 13.2. The standard InChI is InChI=1S/C20H16N4/c1-2-14-10-16-5-6-18(23-16)12-20-8-7-19(24-20)11-17-4-3-15(22-17)9-13(1)21-14/h1-13,22-24H/b15-9-,16-10?,17-11-,18-12?/t13-/m1/s1. The van der Waals surface area contributed by atoms with Crippen LogP contribution in [-0.2, 0) is 0 Å². The van der Waals surface area contributed by atoms with E-state index in [2.05, 4.69) is 87.8 Å². The first-order chi connectivity index (χ1) is 11.8. The SMILES string of the molecule is C1=C[C@@H]2/C=c3/cc/c([nH]3)=C/c3ccc([nH]3)C=c3ccc([nH]3)=CC1=N2. The van der Waals surface area contributed by atoms with Crippen molar-refractivity contribution in [3.63, 3.8) is 0 Å². The number of allylic oxidation sites excluding steroid dienone is 1. The number of rotatable bonds is 0. The molecule has 5 heterocycles. The van der Waals surface area contributed by atoms with Gasteiger partial charge < -0.3 is 15.0 Å². The molecule has 24 heavy (non-hydrogen) atoms. The Kier molecular flexibility index (Phi) is 2.82. The van der Waals surface area contributed by atoms with E-state index in [9.17, 15) is 0 Å². The predicted molar refractivity (Wildman–Crippen MR) is 97.3 cm³/mol. The van der Waals surface area contributed by atoms with E-state index in [1.54, 1.807) is 0 Å². The Balaban J connectivity index is 1.76. The number of aromatic nitrogens is 3. The molecule has 3 aromatic rings. The van der Waals surface area contributed by atoms with Gasteiger partial charge in [-0.15, -0.1) is 0 Å². The zero-order valence-electron chi connectivity index (χ0n) is 13.0. The summed E-state index contributed by atoms with van der Waals surface area (Å²) in [5, 5.41) is 4.27. The van der Waals surface area contributed by atoms with Crippen molar-refractivity contribution in [3.8, 4) is 0 Å². The molecule has 0 aliphatic carbocycles. The maximum Gasteiger partial charge on any atom is 0.0894 e. The maximum absolute atomic E-state index is 4.72. The molecular weight excluding hydrogens is 296 g/mol. The van der Waals surface area contributed by atoms with Gasteiger partial charge in [-0.25, -0.2) is 0 Å². The number of H-pyrrole nitrogens is 3. The van der Waals surface area contributed by atoms with Crippen molar-refractivity contribution in [1.29, 1.82) is 0 Å². The number of nitrogens with one attached hydrogen (secondary N) is 3. The number of hydrogen-bond acceptors (Lipinski definition) is 1. The topological polar surface area (TPSA) is 59.7 Å². The van der Waals surface area contributed by atoms with E-state index < -0.39 is 0 Å². The Bertz CT molecular complexity index is 1210. The molecule has 0 aromatic carbocycles. The van der Waals surface area contributed by atoms with Crippen LogP contribution in [0.5, 0.6) is 0 Å². The number of aromatic amines is 3. The van der Waals surface area contributed by atoms with E-state index in [1.165, 1.54) is 0 Å². The molecule has 4 nitrogen and oxygen atoms in total. The van der Waals surface area contributed by atoms with Gasteiger partial charge in [0, 0.05) is 32.8 Å². The molecule has 3 aromatic heterocycles. The molecule has 5 rings (SSSR count). The third-order valence-electron chi connectivity index (χ3n) is 4.23. The zero-order valence-corrected chi connectivity index (χ0v) is 13.0. The second-order valence-corrected chi connectivity index (χ2v) is 6.11. The monoisotopic (exact) mass is 312 g/mol. The number of fused-ring (bicyclic) bond motifs is 7. The van der Waals surface area contributed by atoms with E-state index >= 15 is 0 Å². The van der Waals surface area contributed by atoms with Crippen LogP contribution in [0.4, 0.5) is 0 Å². The Morgan fingerprint density at radius 2 is 1.29 bits per heavy atom. The molecule has 0 saturated heterocycles. The lowest BCUT2D eigenvalue weighted by Gasteiger charge is -1.94. The summed E-state index contributed by atoms with van der Waals surface area (Å²) in [6.45, 7) is 0. The van der Waals surface area contributed by atoms with Crippen LogP contribution in [0.3, 0.4) is 0 Å². The van der Waals surface area contributed by atoms with Gasteiger partial charge in [-0.1, -0.05) is 6.08 Å². The van der Waals surface area contributed by atoms with Crippen molar-refractivity contribution in [2.75, 3.05) is 0 Å². The van der Waals surface area contributed by atoms with Gasteiger partial charge in [0.25, 0.3) is 0 Å². The van der Waals surface area contributed by atoms with Crippen molar-refractivity contribution in [1.82, 2.24) is 15.0 Å². The lowest BCUT2D eigenvalue weighted by Crippen LogP contribution is -2.12. The van der Waals surface area contributed by atoms with Gasteiger partial charge >= 0.3 is 0 Å². The van der Waals surface area contributed by atoms with E-state index in [-0.39, 0.29) is 6.04 Å². The molecule has 116 valence electrons. The highest BCUT2D eigenvalue weighted by Crippen LogP contribution is 2.06. The fourth-order valence-corrected chi connectivity index (χ4v) is 3.12. The Hall–Kier alpha value is -3.27. The fourth-order valence-electron chi connectivity index (χ4n) is 3.12. The summed E-state index contributed by atoms with van der Waals surface area (Å²) >= 11 is 0. The molecule has 4 heteroatoms. The summed E-state index contributed by atoms with van der Waals surface area (Å²) in [6, 6.07) is 12.6. The van der Waals surface area contributed by atoms with Crippen LogP contribution in [0.1, 0.15) is 11.4 Å². The highest BCUT2D eigenvalue weighted by atomic mass is 14.8. The van der Waals surface area contributed by atoms with Crippen molar-refractivity contribution >= 4 is 30.0 Å². The zero-order chi connectivity index (χ0) is 15.9. The Morgan fingerprint density at radius 3 is 2.04 bits per heavy atom. The minimum Gasteiger partial charge on any atom is -0.356 e. The van der Waals surface area contributed by atoms with E-state index in [4.69, 9.17) is 4.99 Å². The summed E-state index contributed by atoms with van der Waals surface area (Å²) in [7, 11) is 0. The molecule has 0 spiro atoms. The summed E-state index contributed by atoms with van der Waals surface area (Å²) in [5.41, 5.74) is 3.12. The third-order valence-corrected chi connectivity index (χ3v) is 4.23. The molecule has 0 saturated carbocycles. The highest BCUT2D eigenvalue weighted by Gasteiger charge is 2.06. The van der Waals surface area contributed by atoms with Crippen LogP contribution < -0.4 is 21.4 Å². The second-order valence-electron chi connectivity index (χ2n) is 6.11. The molecule has 0 unspecified atom stereocenters. The smallest absolute Gasteiger partial charge is 0.0894 e. The molecule has 0 amide bonds. The van der Waals surface area contributed by atoms with Gasteiger partial charge in [-0.05, 0) is 66.8 Å². The minimum atomic E-state index is 0.0775. The molecule has 2 aliphatic heterocycles. The van der Waals surface area contributed by atoms with E-state index in [1.807, 2.05) is 0 Å². The van der Waals surface area contributed by atoms with Crippen molar-refractivity contribution in [2.24, 2.45) is 4.99 Å². The lowest BCUT2D eigenvalue weighted by molar-refractivity contribution is 1.09. The van der Waals surface area contributed by atoms with Gasteiger partial charge in [-0.3, -0.25) is 4.99 Å². The van der Waals surface area contributed by atoms with Crippen LogP contribution in [0.2, 0.25) is 0 Å². The highest BCUT2D eigenvalue weighted by molar-refractivity contribution is 6.18. The lowest BCUT2D eigenvalue weighted by atomic mass is 10.3. The van der Waals surface area contributed by atoms with Crippen LogP contribution in [0, 0.1) is 0 Å². The summed E-state index contributed by atoms with van der Waals surface area (Å²) in [5.74, 6) is 0. The second kappa shape index (κ2) is 5.13. The summed E-state index contributed by atoms with van der Waals surface area (Å²) < 4.78 is 0. The maximum atomic E-state index is 4.72. The van der Waals surface area contributed by atoms with Gasteiger partial charge in [0.15, 0.2) is 0 Å². The Morgan fingerprint density at radius 1 is 0.667 bits per heavy atom. The van der Waals surface area contributed by atoms with Crippen molar-refractivity contribution < 1.29 is 0 Å². The normalized spacial score (nSPS) is 21.0. The molecule has 1 atom stereocenters. The number of hydrogen-bond donors (Lipinski definition) is 3. The molecule has 0 fully saturated rings. The fraction of sp³-hybridized carbons (Fsp3) is 0.0500. The molecule has 2 aliphatic rings. The van der Waals surface area contributed by atoms with E-state index in [0.717, 1.165) is 38.5 Å². The number of nitrogens with zero attached hydrogens (tertiary/aromatic N) is 1. The van der Waals surface area contributed by atoms with Gasteiger partial charge in [0.1, 0.15) is 0 Å². The first-order valence-electron chi connectivity index (χ1n) is 8.02. The molecule has 0 radical (unpaired) electrons. The van der Waals surface area contributed by atoms with E-state index in [0.29, 0.717) is 0 Å². The molecular formula is C20H16N4. The van der Waals surface area contributed by atoms with Gasteiger partial charge in [0.2, 0.25) is 0 Å². The van der Waals surface area contributed by atoms with Crippen molar-refractivity contribution in [3.05, 3.63) is 81.3 Å². The average Bonchev–Trinajstić information content (AvgIpc) is 3.32. The number of aliphatic imine (C=N–C) groups is 1. The minimum absolute atomic E-state index is 0.0775. The van der Waals surface area contributed by atoms with Crippen LogP contribution in [-0.4, -0.2) is 26.7 Å². The third kappa shape index (κ3) is 2.48. The average molecular weight is 312 g/mol.